The van der Waals surface area contributed by atoms with Gasteiger partial charge in [-0.25, -0.2) is 0 Å². The Morgan fingerprint density at radius 1 is 1.15 bits per heavy atom. The van der Waals surface area contributed by atoms with Gasteiger partial charge < -0.3 is 10.1 Å². The molecular formula is C17H28N2O. The van der Waals surface area contributed by atoms with Crippen molar-refractivity contribution in [3.05, 3.63) is 24.0 Å². The number of hydrogen-bond donors (Lipinski definition) is 1. The largest absolute Gasteiger partial charge is 0.490 e. The van der Waals surface area contributed by atoms with Gasteiger partial charge >= 0.3 is 0 Å². The fourth-order valence-electron chi connectivity index (χ4n) is 2.48. The molecule has 0 aromatic carbocycles. The van der Waals surface area contributed by atoms with E-state index in [9.17, 15) is 0 Å². The minimum absolute atomic E-state index is 0.0648. The van der Waals surface area contributed by atoms with Crippen LogP contribution in [0.1, 0.15) is 60.1 Å². The van der Waals surface area contributed by atoms with Gasteiger partial charge in [-0.2, -0.15) is 0 Å². The number of rotatable bonds is 3. The van der Waals surface area contributed by atoms with Crippen molar-refractivity contribution in [3.63, 3.8) is 0 Å². The molecule has 0 radical (unpaired) electrons. The average Bonchev–Trinajstić information content (AvgIpc) is 2.23. The summed E-state index contributed by atoms with van der Waals surface area (Å²) in [6, 6.07) is 4.62. The number of hydrogen-bond acceptors (Lipinski definition) is 3. The molecule has 2 rings (SSSR count). The Bertz CT molecular complexity index is 451. The Labute approximate surface area is 123 Å². The van der Waals surface area contributed by atoms with Crippen LogP contribution < -0.4 is 10.1 Å². The summed E-state index contributed by atoms with van der Waals surface area (Å²) in [5, 5.41) is 3.61. The van der Waals surface area contributed by atoms with E-state index in [0.29, 0.717) is 12.1 Å². The lowest BCUT2D eigenvalue weighted by Gasteiger charge is -2.40. The van der Waals surface area contributed by atoms with E-state index in [4.69, 9.17) is 4.74 Å². The lowest BCUT2D eigenvalue weighted by atomic mass is 9.87. The fourth-order valence-corrected chi connectivity index (χ4v) is 2.48. The third kappa shape index (κ3) is 4.20. The maximum Gasteiger partial charge on any atom is 0.123 e. The van der Waals surface area contributed by atoms with Gasteiger partial charge in [0.05, 0.1) is 0 Å². The van der Waals surface area contributed by atoms with Crippen LogP contribution in [0.5, 0.6) is 5.75 Å². The van der Waals surface area contributed by atoms with Crippen LogP contribution in [0.2, 0.25) is 0 Å². The van der Waals surface area contributed by atoms with Crippen LogP contribution >= 0.6 is 0 Å². The van der Waals surface area contributed by atoms with Gasteiger partial charge in [0.25, 0.3) is 0 Å². The summed E-state index contributed by atoms with van der Waals surface area (Å²) in [5.74, 6) is 0.948. The van der Waals surface area contributed by atoms with Gasteiger partial charge in [-0.3, -0.25) is 4.98 Å². The van der Waals surface area contributed by atoms with E-state index in [1.54, 1.807) is 0 Å². The molecule has 3 heteroatoms. The highest BCUT2D eigenvalue weighted by atomic mass is 16.5. The molecule has 1 heterocycles. The Kier molecular flexibility index (Phi) is 4.10. The summed E-state index contributed by atoms with van der Waals surface area (Å²) in [6.45, 7) is 13.1. The zero-order valence-electron chi connectivity index (χ0n) is 13.7. The second-order valence-electron chi connectivity index (χ2n) is 7.93. The van der Waals surface area contributed by atoms with Crippen molar-refractivity contribution in [2.75, 3.05) is 0 Å². The first kappa shape index (κ1) is 15.3. The van der Waals surface area contributed by atoms with Crippen LogP contribution in [-0.2, 0) is 5.41 Å². The topological polar surface area (TPSA) is 34.1 Å². The summed E-state index contributed by atoms with van der Waals surface area (Å²) in [7, 11) is 0. The number of ether oxygens (including phenoxy) is 1. The molecule has 1 aliphatic carbocycles. The fraction of sp³-hybridized carbons (Fsp3) is 0.706. The van der Waals surface area contributed by atoms with E-state index in [1.165, 1.54) is 0 Å². The second kappa shape index (κ2) is 5.36. The smallest absolute Gasteiger partial charge is 0.123 e. The molecule has 112 valence electrons. The van der Waals surface area contributed by atoms with Crippen LogP contribution in [0.25, 0.3) is 0 Å². The van der Waals surface area contributed by atoms with Gasteiger partial charge in [-0.05, 0) is 39.7 Å². The highest BCUT2D eigenvalue weighted by molar-refractivity contribution is 5.27. The zero-order chi connectivity index (χ0) is 15.0. The van der Waals surface area contributed by atoms with Crippen LogP contribution in [0.4, 0.5) is 0 Å². The standard InChI is InChI=1S/C17H28N2O/c1-16(2,3)15-11-13(7-8-18-15)20-14-9-12(10-14)19-17(4,5)6/h7-8,11-12,14,19H,9-10H2,1-6H3/t12-,14+. The van der Waals surface area contributed by atoms with Gasteiger partial charge in [0.1, 0.15) is 11.9 Å². The second-order valence-corrected chi connectivity index (χ2v) is 7.93. The molecule has 0 saturated heterocycles. The van der Waals surface area contributed by atoms with Gasteiger partial charge in [-0.1, -0.05) is 20.8 Å². The van der Waals surface area contributed by atoms with Crippen LogP contribution in [0.15, 0.2) is 18.3 Å². The molecule has 0 aliphatic heterocycles. The van der Waals surface area contributed by atoms with Crippen molar-refractivity contribution in [1.29, 1.82) is 0 Å². The van der Waals surface area contributed by atoms with Crippen LogP contribution in [0.3, 0.4) is 0 Å². The van der Waals surface area contributed by atoms with E-state index in [0.717, 1.165) is 24.3 Å². The summed E-state index contributed by atoms with van der Waals surface area (Å²) >= 11 is 0. The Hall–Kier alpha value is -1.09. The number of nitrogens with one attached hydrogen (secondary N) is 1. The van der Waals surface area contributed by atoms with E-state index >= 15 is 0 Å². The molecule has 1 aromatic rings. The first-order chi connectivity index (χ1) is 9.13. The first-order valence-corrected chi connectivity index (χ1v) is 7.54. The Morgan fingerprint density at radius 3 is 2.35 bits per heavy atom. The predicted octanol–water partition coefficient (Wildman–Crippen LogP) is 3.68. The van der Waals surface area contributed by atoms with Gasteiger partial charge in [0.15, 0.2) is 0 Å². The van der Waals surface area contributed by atoms with Crippen molar-refractivity contribution in [2.45, 2.75) is 77.5 Å². The summed E-state index contributed by atoms with van der Waals surface area (Å²) in [6.07, 6.45) is 4.36. The third-order valence-corrected chi connectivity index (χ3v) is 3.53. The molecule has 3 nitrogen and oxygen atoms in total. The Balaban J connectivity index is 1.87. The quantitative estimate of drug-likeness (QED) is 0.914. The highest BCUT2D eigenvalue weighted by Gasteiger charge is 2.33. The Morgan fingerprint density at radius 2 is 1.80 bits per heavy atom. The lowest BCUT2D eigenvalue weighted by Crippen LogP contribution is -2.53. The minimum Gasteiger partial charge on any atom is -0.490 e. The van der Waals surface area contributed by atoms with Crippen molar-refractivity contribution in [2.24, 2.45) is 0 Å². The summed E-state index contributed by atoms with van der Waals surface area (Å²) in [5.41, 5.74) is 1.33. The molecule has 0 spiro atoms. The zero-order valence-corrected chi connectivity index (χ0v) is 13.7. The lowest BCUT2D eigenvalue weighted by molar-refractivity contribution is 0.0732. The average molecular weight is 276 g/mol. The van der Waals surface area contributed by atoms with E-state index < -0.39 is 0 Å². The first-order valence-electron chi connectivity index (χ1n) is 7.54. The van der Waals surface area contributed by atoms with E-state index in [1.807, 2.05) is 12.3 Å². The predicted molar refractivity (Wildman–Crippen MR) is 83.3 cm³/mol. The summed E-state index contributed by atoms with van der Waals surface area (Å²) < 4.78 is 6.05. The molecule has 1 saturated carbocycles. The van der Waals surface area contributed by atoms with Crippen LogP contribution in [0, 0.1) is 0 Å². The molecule has 1 fully saturated rings. The maximum atomic E-state index is 6.05. The summed E-state index contributed by atoms with van der Waals surface area (Å²) in [4.78, 5) is 4.43. The number of pyridine rings is 1. The van der Waals surface area contributed by atoms with Crippen molar-refractivity contribution in [3.8, 4) is 5.75 Å². The molecule has 0 atom stereocenters. The molecule has 0 amide bonds. The van der Waals surface area contributed by atoms with Crippen molar-refractivity contribution >= 4 is 0 Å². The SMILES string of the molecule is CC(C)(C)N[C@H]1C[C@@H](Oc2ccnc(C(C)(C)C)c2)C1. The van der Waals surface area contributed by atoms with E-state index in [2.05, 4.69) is 57.9 Å². The minimum atomic E-state index is 0.0648. The molecule has 1 aliphatic rings. The maximum absolute atomic E-state index is 6.05. The monoisotopic (exact) mass is 276 g/mol. The van der Waals surface area contributed by atoms with Crippen molar-refractivity contribution < 1.29 is 4.74 Å². The van der Waals surface area contributed by atoms with Gasteiger partial charge in [-0.15, -0.1) is 0 Å². The number of nitrogens with zero attached hydrogens (tertiary/aromatic N) is 1. The van der Waals surface area contributed by atoms with Crippen molar-refractivity contribution in [1.82, 2.24) is 10.3 Å². The molecule has 0 bridgehead atoms. The molecule has 0 unspecified atom stereocenters. The van der Waals surface area contributed by atoms with Crippen LogP contribution in [-0.4, -0.2) is 22.7 Å². The molecule has 20 heavy (non-hydrogen) atoms. The van der Waals surface area contributed by atoms with Gasteiger partial charge in [0, 0.05) is 35.0 Å². The molecular weight excluding hydrogens is 248 g/mol. The third-order valence-electron chi connectivity index (χ3n) is 3.53. The number of aromatic nitrogens is 1. The normalized spacial score (nSPS) is 23.3. The highest BCUT2D eigenvalue weighted by Crippen LogP contribution is 2.29. The van der Waals surface area contributed by atoms with Gasteiger partial charge in [0.2, 0.25) is 0 Å². The molecule has 1 aromatic heterocycles. The molecule has 1 N–H and O–H groups in total. The van der Waals surface area contributed by atoms with E-state index in [-0.39, 0.29) is 11.0 Å².